The third kappa shape index (κ3) is 5.01. The van der Waals surface area contributed by atoms with E-state index in [1.165, 1.54) is 5.56 Å². The standard InChI is InChI=1S/C26H24N2O3/c1-3-30-21-14-12-20(13-15-21)27-26(29)17-31-25-16-24(19-10-8-18(2)9-11-19)28-23-7-5-4-6-22(23)25/h4-16H,3,17H2,1-2H3,(H,27,29). The lowest BCUT2D eigenvalue weighted by atomic mass is 10.1. The molecule has 0 saturated heterocycles. The van der Waals surface area contributed by atoms with Gasteiger partial charge < -0.3 is 14.8 Å². The van der Waals surface area contributed by atoms with Crippen LogP contribution in [0.5, 0.6) is 11.5 Å². The second kappa shape index (κ2) is 9.30. The summed E-state index contributed by atoms with van der Waals surface area (Å²) in [6.45, 7) is 4.48. The smallest absolute Gasteiger partial charge is 0.262 e. The predicted molar refractivity (Wildman–Crippen MR) is 124 cm³/mol. The Hall–Kier alpha value is -3.86. The molecule has 0 aliphatic heterocycles. The van der Waals surface area contributed by atoms with Gasteiger partial charge in [-0.2, -0.15) is 0 Å². The third-order valence-corrected chi connectivity index (χ3v) is 4.83. The number of para-hydroxylation sites is 1. The number of anilines is 1. The number of benzene rings is 3. The van der Waals surface area contributed by atoms with Gasteiger partial charge in [-0.25, -0.2) is 4.98 Å². The quantitative estimate of drug-likeness (QED) is 0.428. The van der Waals surface area contributed by atoms with Gasteiger partial charge in [0.2, 0.25) is 0 Å². The number of pyridine rings is 1. The maximum Gasteiger partial charge on any atom is 0.262 e. The van der Waals surface area contributed by atoms with Gasteiger partial charge in [0.1, 0.15) is 11.5 Å². The molecule has 0 unspecified atom stereocenters. The van der Waals surface area contributed by atoms with Crippen molar-refractivity contribution in [3.8, 4) is 22.8 Å². The summed E-state index contributed by atoms with van der Waals surface area (Å²) in [5.41, 5.74) is 4.51. The van der Waals surface area contributed by atoms with Crippen molar-refractivity contribution in [2.75, 3.05) is 18.5 Å². The van der Waals surface area contributed by atoms with E-state index in [1.54, 1.807) is 12.1 Å². The minimum absolute atomic E-state index is 0.103. The SMILES string of the molecule is CCOc1ccc(NC(=O)COc2cc(-c3ccc(C)cc3)nc3ccccc23)cc1. The first kappa shape index (κ1) is 20.4. The maximum absolute atomic E-state index is 12.4. The van der Waals surface area contributed by atoms with E-state index in [0.717, 1.165) is 27.9 Å². The van der Waals surface area contributed by atoms with Gasteiger partial charge in [-0.05, 0) is 50.2 Å². The van der Waals surface area contributed by atoms with Crippen molar-refractivity contribution < 1.29 is 14.3 Å². The van der Waals surface area contributed by atoms with E-state index in [1.807, 2.05) is 61.5 Å². The highest BCUT2D eigenvalue weighted by atomic mass is 16.5. The zero-order valence-corrected chi connectivity index (χ0v) is 17.6. The lowest BCUT2D eigenvalue weighted by Gasteiger charge is -2.12. The van der Waals surface area contributed by atoms with E-state index >= 15 is 0 Å². The zero-order chi connectivity index (χ0) is 21.6. The van der Waals surface area contributed by atoms with Crippen molar-refractivity contribution in [1.82, 2.24) is 4.98 Å². The number of fused-ring (bicyclic) bond motifs is 1. The summed E-state index contributed by atoms with van der Waals surface area (Å²) in [6.07, 6.45) is 0. The molecule has 4 rings (SSSR count). The van der Waals surface area contributed by atoms with E-state index in [0.29, 0.717) is 18.0 Å². The molecular weight excluding hydrogens is 388 g/mol. The van der Waals surface area contributed by atoms with Crippen molar-refractivity contribution in [1.29, 1.82) is 0 Å². The number of aryl methyl sites for hydroxylation is 1. The van der Waals surface area contributed by atoms with Gasteiger partial charge in [-0.3, -0.25) is 4.79 Å². The Morgan fingerprint density at radius 1 is 0.935 bits per heavy atom. The monoisotopic (exact) mass is 412 g/mol. The minimum atomic E-state index is -0.234. The van der Waals surface area contributed by atoms with Gasteiger partial charge in [0.05, 0.1) is 17.8 Å². The Kier molecular flexibility index (Phi) is 6.13. The van der Waals surface area contributed by atoms with Crippen LogP contribution in [0.3, 0.4) is 0 Å². The molecule has 0 aliphatic rings. The number of amides is 1. The molecule has 1 N–H and O–H groups in total. The molecule has 5 heteroatoms. The number of hydrogen-bond acceptors (Lipinski definition) is 4. The van der Waals surface area contributed by atoms with Crippen LogP contribution in [0.25, 0.3) is 22.2 Å². The van der Waals surface area contributed by atoms with Crippen LogP contribution in [-0.2, 0) is 4.79 Å². The maximum atomic E-state index is 12.4. The highest BCUT2D eigenvalue weighted by Crippen LogP contribution is 2.30. The van der Waals surface area contributed by atoms with E-state index in [9.17, 15) is 4.79 Å². The van der Waals surface area contributed by atoms with Crippen LogP contribution in [0, 0.1) is 6.92 Å². The summed E-state index contributed by atoms with van der Waals surface area (Å²) in [5.74, 6) is 1.16. The molecule has 1 aromatic heterocycles. The Labute approximate surface area is 181 Å². The summed E-state index contributed by atoms with van der Waals surface area (Å²) in [7, 11) is 0. The van der Waals surface area contributed by atoms with Crippen LogP contribution in [0.4, 0.5) is 5.69 Å². The molecule has 0 aliphatic carbocycles. The van der Waals surface area contributed by atoms with Crippen molar-refractivity contribution in [2.45, 2.75) is 13.8 Å². The Bertz CT molecular complexity index is 1190. The number of hydrogen-bond donors (Lipinski definition) is 1. The van der Waals surface area contributed by atoms with E-state index in [2.05, 4.69) is 24.4 Å². The van der Waals surface area contributed by atoms with Gasteiger partial charge in [0.15, 0.2) is 6.61 Å². The van der Waals surface area contributed by atoms with E-state index < -0.39 is 0 Å². The normalized spacial score (nSPS) is 10.6. The lowest BCUT2D eigenvalue weighted by molar-refractivity contribution is -0.118. The Morgan fingerprint density at radius 2 is 1.68 bits per heavy atom. The fourth-order valence-electron chi connectivity index (χ4n) is 3.28. The summed E-state index contributed by atoms with van der Waals surface area (Å²) in [5, 5.41) is 3.71. The number of aromatic nitrogens is 1. The van der Waals surface area contributed by atoms with Crippen molar-refractivity contribution in [2.24, 2.45) is 0 Å². The molecular formula is C26H24N2O3. The molecule has 1 heterocycles. The van der Waals surface area contributed by atoms with Gasteiger partial charge in [-0.1, -0.05) is 42.0 Å². The average Bonchev–Trinajstić information content (AvgIpc) is 2.79. The molecule has 3 aromatic carbocycles. The summed E-state index contributed by atoms with van der Waals surface area (Å²) >= 11 is 0. The Morgan fingerprint density at radius 3 is 2.42 bits per heavy atom. The zero-order valence-electron chi connectivity index (χ0n) is 17.6. The molecule has 5 nitrogen and oxygen atoms in total. The first-order valence-corrected chi connectivity index (χ1v) is 10.2. The highest BCUT2D eigenvalue weighted by Gasteiger charge is 2.11. The van der Waals surface area contributed by atoms with Gasteiger partial charge in [-0.15, -0.1) is 0 Å². The number of nitrogens with zero attached hydrogens (tertiary/aromatic N) is 1. The third-order valence-electron chi connectivity index (χ3n) is 4.83. The van der Waals surface area contributed by atoms with Crippen LogP contribution in [0.15, 0.2) is 78.9 Å². The fourth-order valence-corrected chi connectivity index (χ4v) is 3.28. The molecule has 0 bridgehead atoms. The minimum Gasteiger partial charge on any atom is -0.494 e. The largest absolute Gasteiger partial charge is 0.494 e. The number of rotatable bonds is 7. The first-order valence-electron chi connectivity index (χ1n) is 10.2. The number of ether oxygens (including phenoxy) is 2. The molecule has 0 saturated carbocycles. The van der Waals surface area contributed by atoms with Gasteiger partial charge in [0.25, 0.3) is 5.91 Å². The average molecular weight is 412 g/mol. The number of nitrogens with one attached hydrogen (secondary N) is 1. The second-order valence-corrected chi connectivity index (χ2v) is 7.18. The van der Waals surface area contributed by atoms with Gasteiger partial charge >= 0.3 is 0 Å². The number of carbonyl (C=O) groups is 1. The van der Waals surface area contributed by atoms with Crippen LogP contribution in [0.1, 0.15) is 12.5 Å². The molecule has 4 aromatic rings. The first-order chi connectivity index (χ1) is 15.1. The number of carbonyl (C=O) groups excluding carboxylic acids is 1. The molecule has 156 valence electrons. The molecule has 31 heavy (non-hydrogen) atoms. The lowest BCUT2D eigenvalue weighted by Crippen LogP contribution is -2.20. The summed E-state index contributed by atoms with van der Waals surface area (Å²) in [6, 6.07) is 25.1. The van der Waals surface area contributed by atoms with Gasteiger partial charge in [0, 0.05) is 22.7 Å². The molecule has 1 amide bonds. The van der Waals surface area contributed by atoms with Crippen LogP contribution in [0.2, 0.25) is 0 Å². The topological polar surface area (TPSA) is 60.5 Å². The second-order valence-electron chi connectivity index (χ2n) is 7.18. The summed E-state index contributed by atoms with van der Waals surface area (Å²) in [4.78, 5) is 17.2. The van der Waals surface area contributed by atoms with Crippen molar-refractivity contribution in [3.63, 3.8) is 0 Å². The van der Waals surface area contributed by atoms with Crippen molar-refractivity contribution in [3.05, 3.63) is 84.4 Å². The Balaban J connectivity index is 1.51. The highest BCUT2D eigenvalue weighted by molar-refractivity contribution is 5.93. The summed E-state index contributed by atoms with van der Waals surface area (Å²) < 4.78 is 11.3. The predicted octanol–water partition coefficient (Wildman–Crippen LogP) is 5.63. The fraction of sp³-hybridized carbons (Fsp3) is 0.154. The van der Waals surface area contributed by atoms with E-state index in [-0.39, 0.29) is 12.5 Å². The van der Waals surface area contributed by atoms with Crippen LogP contribution < -0.4 is 14.8 Å². The molecule has 0 radical (unpaired) electrons. The van der Waals surface area contributed by atoms with Crippen LogP contribution >= 0.6 is 0 Å². The molecule has 0 spiro atoms. The van der Waals surface area contributed by atoms with E-state index in [4.69, 9.17) is 14.5 Å². The molecule has 0 fully saturated rings. The van der Waals surface area contributed by atoms with Crippen molar-refractivity contribution >= 4 is 22.5 Å². The van der Waals surface area contributed by atoms with Crippen LogP contribution in [-0.4, -0.2) is 24.1 Å². The molecule has 0 atom stereocenters.